The van der Waals surface area contributed by atoms with Gasteiger partial charge in [0.25, 0.3) is 0 Å². The van der Waals surface area contributed by atoms with Crippen molar-refractivity contribution in [2.24, 2.45) is 0 Å². The van der Waals surface area contributed by atoms with Crippen molar-refractivity contribution in [2.45, 2.75) is 20.3 Å². The minimum atomic E-state index is -0.720. The van der Waals surface area contributed by atoms with Gasteiger partial charge in [0.15, 0.2) is 6.61 Å². The number of aromatic amines is 1. The molecule has 0 aliphatic carbocycles. The summed E-state index contributed by atoms with van der Waals surface area (Å²) in [5.74, 6) is -2.23. The second kappa shape index (κ2) is 9.32. The van der Waals surface area contributed by atoms with Gasteiger partial charge in [0, 0.05) is 11.4 Å². The molecule has 1 aromatic carbocycles. The Morgan fingerprint density at radius 2 is 1.76 bits per heavy atom. The summed E-state index contributed by atoms with van der Waals surface area (Å²) in [5, 5.41) is 11.0. The first-order valence-electron chi connectivity index (χ1n) is 8.53. The molecule has 0 saturated heterocycles. The highest BCUT2D eigenvalue weighted by atomic mass is 16.5. The van der Waals surface area contributed by atoms with Crippen LogP contribution in [0.5, 0.6) is 0 Å². The molecule has 9 heteroatoms. The fourth-order valence-corrected chi connectivity index (χ4v) is 2.69. The molecule has 0 fully saturated rings. The third kappa shape index (κ3) is 5.07. The first kappa shape index (κ1) is 21.4. The summed E-state index contributed by atoms with van der Waals surface area (Å²) >= 11 is 0. The lowest BCUT2D eigenvalue weighted by Crippen LogP contribution is -2.16. The lowest BCUT2D eigenvalue weighted by atomic mass is 10.1. The second-order valence-corrected chi connectivity index (χ2v) is 6.08. The van der Waals surface area contributed by atoms with Gasteiger partial charge in [0.1, 0.15) is 6.42 Å². The molecule has 0 spiro atoms. The first-order valence-corrected chi connectivity index (χ1v) is 8.53. The number of ether oxygens (including phenoxy) is 2. The molecular formula is C20H19N3O6. The zero-order valence-electron chi connectivity index (χ0n) is 16.1. The summed E-state index contributed by atoms with van der Waals surface area (Å²) in [6, 6.07) is 7.54. The van der Waals surface area contributed by atoms with E-state index in [9.17, 15) is 19.2 Å². The zero-order valence-corrected chi connectivity index (χ0v) is 16.1. The molecule has 0 bridgehead atoms. The predicted octanol–water partition coefficient (Wildman–Crippen LogP) is 2.31. The number of Topliss-reactive ketones (excluding diaryl/α,β-unsaturated/α-hetero) is 1. The number of nitriles is 1. The number of hydrogen-bond acceptors (Lipinski definition) is 7. The number of methoxy groups -OCH3 is 1. The molecule has 1 amide bonds. The summed E-state index contributed by atoms with van der Waals surface area (Å²) in [6.07, 6.45) is -0.277. The molecule has 2 N–H and O–H groups in total. The second-order valence-electron chi connectivity index (χ2n) is 6.08. The average molecular weight is 397 g/mol. The largest absolute Gasteiger partial charge is 0.465 e. The number of rotatable bonds is 7. The monoisotopic (exact) mass is 397 g/mol. The van der Waals surface area contributed by atoms with E-state index >= 15 is 0 Å². The van der Waals surface area contributed by atoms with Crippen LogP contribution in [0.4, 0.5) is 5.69 Å². The van der Waals surface area contributed by atoms with Gasteiger partial charge in [-0.15, -0.1) is 0 Å². The minimum absolute atomic E-state index is 0.172. The van der Waals surface area contributed by atoms with Gasteiger partial charge < -0.3 is 19.8 Å². The van der Waals surface area contributed by atoms with Gasteiger partial charge in [0.2, 0.25) is 11.7 Å². The third-order valence-electron chi connectivity index (χ3n) is 4.08. The van der Waals surface area contributed by atoms with Crippen LogP contribution in [0.25, 0.3) is 0 Å². The maximum atomic E-state index is 12.4. The lowest BCUT2D eigenvalue weighted by Gasteiger charge is -2.06. The van der Waals surface area contributed by atoms with Crippen molar-refractivity contribution in [3.63, 3.8) is 0 Å². The quantitative estimate of drug-likeness (QED) is 0.540. The number of aryl methyl sites for hydroxylation is 1. The molecule has 0 saturated carbocycles. The number of anilines is 1. The average Bonchev–Trinajstić information content (AvgIpc) is 3.00. The van der Waals surface area contributed by atoms with E-state index in [2.05, 4.69) is 10.3 Å². The highest BCUT2D eigenvalue weighted by Gasteiger charge is 2.23. The lowest BCUT2D eigenvalue weighted by molar-refractivity contribution is -0.115. The number of ketones is 1. The normalized spacial score (nSPS) is 10.0. The van der Waals surface area contributed by atoms with Gasteiger partial charge >= 0.3 is 11.9 Å². The molecule has 1 aromatic heterocycles. The van der Waals surface area contributed by atoms with Gasteiger partial charge in [-0.05, 0) is 43.7 Å². The van der Waals surface area contributed by atoms with E-state index in [1.807, 2.05) is 0 Å². The number of benzene rings is 1. The fourth-order valence-electron chi connectivity index (χ4n) is 2.69. The molecule has 2 aromatic rings. The Morgan fingerprint density at radius 3 is 2.34 bits per heavy atom. The molecule has 0 radical (unpaired) electrons. The van der Waals surface area contributed by atoms with Crippen LogP contribution in [-0.4, -0.2) is 42.3 Å². The predicted molar refractivity (Wildman–Crippen MR) is 102 cm³/mol. The number of amides is 1. The Hall–Kier alpha value is -3.93. The highest BCUT2D eigenvalue weighted by molar-refractivity contribution is 6.03. The van der Waals surface area contributed by atoms with Crippen molar-refractivity contribution in [3.8, 4) is 6.07 Å². The van der Waals surface area contributed by atoms with E-state index in [0.717, 1.165) is 0 Å². The Labute approximate surface area is 166 Å². The molecule has 2 rings (SSSR count). The van der Waals surface area contributed by atoms with Crippen LogP contribution in [0, 0.1) is 25.2 Å². The summed E-state index contributed by atoms with van der Waals surface area (Å²) in [6.45, 7) is 2.73. The summed E-state index contributed by atoms with van der Waals surface area (Å²) < 4.78 is 9.74. The van der Waals surface area contributed by atoms with Crippen molar-refractivity contribution in [2.75, 3.05) is 19.0 Å². The number of H-pyrrole nitrogens is 1. The van der Waals surface area contributed by atoms with Crippen LogP contribution in [0.3, 0.4) is 0 Å². The SMILES string of the molecule is COC(=O)c1c(C)[nH]c(C(=O)COC(=O)c2ccc(NC(=O)CC#N)cc2)c1C. The minimum Gasteiger partial charge on any atom is -0.465 e. The number of nitrogens with one attached hydrogen (secondary N) is 2. The van der Waals surface area contributed by atoms with Gasteiger partial charge in [-0.2, -0.15) is 5.26 Å². The highest BCUT2D eigenvalue weighted by Crippen LogP contribution is 2.19. The third-order valence-corrected chi connectivity index (χ3v) is 4.08. The first-order chi connectivity index (χ1) is 13.8. The van der Waals surface area contributed by atoms with Crippen molar-refractivity contribution in [3.05, 3.63) is 52.3 Å². The fraction of sp³-hybridized carbons (Fsp3) is 0.250. The summed E-state index contributed by atoms with van der Waals surface area (Å²) in [4.78, 5) is 50.5. The van der Waals surface area contributed by atoms with E-state index < -0.39 is 30.2 Å². The number of hydrogen-bond donors (Lipinski definition) is 2. The van der Waals surface area contributed by atoms with Gasteiger partial charge in [-0.1, -0.05) is 0 Å². The molecule has 0 aliphatic rings. The molecule has 0 atom stereocenters. The van der Waals surface area contributed by atoms with E-state index in [4.69, 9.17) is 14.7 Å². The van der Waals surface area contributed by atoms with Crippen LogP contribution < -0.4 is 5.32 Å². The molecule has 29 heavy (non-hydrogen) atoms. The maximum absolute atomic E-state index is 12.4. The van der Waals surface area contributed by atoms with Crippen LogP contribution in [-0.2, 0) is 14.3 Å². The van der Waals surface area contributed by atoms with Crippen LogP contribution in [0.2, 0.25) is 0 Å². The molecular weight excluding hydrogens is 378 g/mol. The van der Waals surface area contributed by atoms with Crippen LogP contribution >= 0.6 is 0 Å². The molecule has 0 aliphatic heterocycles. The Kier molecular flexibility index (Phi) is 6.87. The smallest absolute Gasteiger partial charge is 0.339 e. The van der Waals surface area contributed by atoms with Crippen LogP contribution in [0.1, 0.15) is 48.9 Å². The Morgan fingerprint density at radius 1 is 1.10 bits per heavy atom. The van der Waals surface area contributed by atoms with E-state index in [0.29, 0.717) is 16.9 Å². The summed E-state index contributed by atoms with van der Waals surface area (Å²) in [7, 11) is 1.25. The van der Waals surface area contributed by atoms with E-state index in [1.54, 1.807) is 19.9 Å². The standard InChI is InChI=1S/C20H19N3O6/c1-11-17(20(27)28-3)12(2)22-18(11)15(24)10-29-19(26)13-4-6-14(7-5-13)23-16(25)8-9-21/h4-7,22H,8,10H2,1-3H3,(H,23,25). The van der Waals surface area contributed by atoms with E-state index in [-0.39, 0.29) is 23.2 Å². The number of nitrogens with zero attached hydrogens (tertiary/aromatic N) is 1. The van der Waals surface area contributed by atoms with Gasteiger partial charge in [-0.25, -0.2) is 9.59 Å². The number of carbonyl (C=O) groups is 4. The molecule has 1 heterocycles. The van der Waals surface area contributed by atoms with E-state index in [1.165, 1.54) is 31.4 Å². The van der Waals surface area contributed by atoms with Gasteiger partial charge in [0.05, 0.1) is 30.0 Å². The Balaban J connectivity index is 2.00. The number of carbonyl (C=O) groups excluding carboxylic acids is 4. The zero-order chi connectivity index (χ0) is 21.6. The van der Waals surface area contributed by atoms with Crippen molar-refractivity contribution < 1.29 is 28.7 Å². The number of aromatic nitrogens is 1. The topological polar surface area (TPSA) is 138 Å². The molecule has 150 valence electrons. The number of esters is 2. The Bertz CT molecular complexity index is 998. The molecule has 9 nitrogen and oxygen atoms in total. The van der Waals surface area contributed by atoms with Crippen molar-refractivity contribution >= 4 is 29.3 Å². The van der Waals surface area contributed by atoms with Crippen molar-refractivity contribution in [1.29, 1.82) is 5.26 Å². The molecule has 0 unspecified atom stereocenters. The van der Waals surface area contributed by atoms with Crippen LogP contribution in [0.15, 0.2) is 24.3 Å². The van der Waals surface area contributed by atoms with Gasteiger partial charge in [-0.3, -0.25) is 9.59 Å². The van der Waals surface area contributed by atoms with Crippen molar-refractivity contribution in [1.82, 2.24) is 4.98 Å². The maximum Gasteiger partial charge on any atom is 0.339 e. The summed E-state index contributed by atoms with van der Waals surface area (Å²) in [5.41, 5.74) is 1.96.